The predicted molar refractivity (Wildman–Crippen MR) is 86.8 cm³/mol. The number of halogens is 1. The van der Waals surface area contributed by atoms with Crippen molar-refractivity contribution in [1.29, 1.82) is 0 Å². The van der Waals surface area contributed by atoms with Crippen LogP contribution in [0, 0.1) is 11.3 Å². The molecule has 1 atom stereocenters. The van der Waals surface area contributed by atoms with Gasteiger partial charge in [-0.1, -0.05) is 0 Å². The SMILES string of the molecule is Cl.O=C(NC[C@H]1CC12CCNCC2)N1Cc2ccncc2C1. The van der Waals surface area contributed by atoms with Crippen molar-refractivity contribution in [2.45, 2.75) is 32.4 Å². The second-order valence-corrected chi connectivity index (χ2v) is 6.70. The van der Waals surface area contributed by atoms with E-state index in [0.29, 0.717) is 24.4 Å². The first-order valence-electron chi connectivity index (χ1n) is 7.92. The number of carbonyl (C=O) groups excluding carboxylic acids is 1. The fourth-order valence-corrected chi connectivity index (χ4v) is 3.94. The monoisotopic (exact) mass is 322 g/mol. The highest BCUT2D eigenvalue weighted by molar-refractivity contribution is 5.85. The molecule has 1 saturated carbocycles. The van der Waals surface area contributed by atoms with Crippen LogP contribution in [-0.2, 0) is 13.1 Å². The molecule has 5 nitrogen and oxygen atoms in total. The van der Waals surface area contributed by atoms with E-state index in [1.165, 1.54) is 30.4 Å². The molecule has 3 aliphatic rings. The molecule has 1 aromatic heterocycles. The molecule has 2 aliphatic heterocycles. The van der Waals surface area contributed by atoms with Gasteiger partial charge in [-0.15, -0.1) is 12.4 Å². The van der Waals surface area contributed by atoms with Crippen LogP contribution in [0.1, 0.15) is 30.4 Å². The summed E-state index contributed by atoms with van der Waals surface area (Å²) in [6, 6.07) is 2.08. The van der Waals surface area contributed by atoms with Gasteiger partial charge in [-0.2, -0.15) is 0 Å². The van der Waals surface area contributed by atoms with Gasteiger partial charge < -0.3 is 15.5 Å². The molecule has 0 bridgehead atoms. The van der Waals surface area contributed by atoms with E-state index in [9.17, 15) is 4.79 Å². The molecule has 120 valence electrons. The van der Waals surface area contributed by atoms with Crippen LogP contribution in [-0.4, -0.2) is 35.5 Å². The molecular weight excluding hydrogens is 300 g/mol. The van der Waals surface area contributed by atoms with Crippen molar-refractivity contribution in [3.05, 3.63) is 29.6 Å². The molecule has 6 heteroatoms. The third-order valence-electron chi connectivity index (χ3n) is 5.47. The second kappa shape index (κ2) is 6.05. The van der Waals surface area contributed by atoms with E-state index in [-0.39, 0.29) is 18.4 Å². The average Bonchev–Trinajstić information content (AvgIpc) is 2.99. The van der Waals surface area contributed by atoms with Gasteiger partial charge in [0.25, 0.3) is 0 Å². The first kappa shape index (κ1) is 15.6. The van der Waals surface area contributed by atoms with E-state index >= 15 is 0 Å². The number of rotatable bonds is 2. The van der Waals surface area contributed by atoms with E-state index in [1.807, 2.05) is 17.2 Å². The minimum absolute atomic E-state index is 0. The Morgan fingerprint density at radius 1 is 1.36 bits per heavy atom. The van der Waals surface area contributed by atoms with E-state index < -0.39 is 0 Å². The lowest BCUT2D eigenvalue weighted by molar-refractivity contribution is 0.197. The van der Waals surface area contributed by atoms with Gasteiger partial charge >= 0.3 is 6.03 Å². The Kier molecular flexibility index (Phi) is 4.28. The van der Waals surface area contributed by atoms with Crippen molar-refractivity contribution >= 4 is 18.4 Å². The number of hydrogen-bond acceptors (Lipinski definition) is 3. The third kappa shape index (κ3) is 2.79. The van der Waals surface area contributed by atoms with E-state index in [0.717, 1.165) is 19.6 Å². The zero-order chi connectivity index (χ0) is 14.3. The molecule has 1 aliphatic carbocycles. The Labute approximate surface area is 137 Å². The van der Waals surface area contributed by atoms with Gasteiger partial charge in [0, 0.05) is 32.0 Å². The number of pyridine rings is 1. The average molecular weight is 323 g/mol. The number of urea groups is 1. The van der Waals surface area contributed by atoms with Gasteiger partial charge in [0.1, 0.15) is 0 Å². The Balaban J connectivity index is 0.00000144. The highest BCUT2D eigenvalue weighted by atomic mass is 35.5. The van der Waals surface area contributed by atoms with Gasteiger partial charge in [0.05, 0.1) is 0 Å². The normalized spacial score (nSPS) is 24.5. The molecule has 1 saturated heterocycles. The van der Waals surface area contributed by atoms with E-state index in [1.54, 1.807) is 6.20 Å². The Morgan fingerprint density at radius 2 is 2.14 bits per heavy atom. The van der Waals surface area contributed by atoms with Crippen molar-refractivity contribution in [2.75, 3.05) is 19.6 Å². The molecule has 2 fully saturated rings. The Morgan fingerprint density at radius 3 is 2.91 bits per heavy atom. The number of carbonyl (C=O) groups is 1. The molecule has 1 aromatic rings. The minimum atomic E-state index is 0. The Hall–Kier alpha value is -1.33. The highest BCUT2D eigenvalue weighted by Crippen LogP contribution is 2.58. The van der Waals surface area contributed by atoms with Crippen molar-refractivity contribution in [3.63, 3.8) is 0 Å². The summed E-state index contributed by atoms with van der Waals surface area (Å²) in [6.45, 7) is 4.51. The van der Waals surface area contributed by atoms with Gasteiger partial charge in [-0.25, -0.2) is 4.79 Å². The molecular formula is C16H23ClN4O. The summed E-state index contributed by atoms with van der Waals surface area (Å²) in [7, 11) is 0. The Bertz CT molecular complexity index is 534. The summed E-state index contributed by atoms with van der Waals surface area (Å²) < 4.78 is 0. The minimum Gasteiger partial charge on any atom is -0.338 e. The summed E-state index contributed by atoms with van der Waals surface area (Å²) in [6.07, 6.45) is 7.50. The largest absolute Gasteiger partial charge is 0.338 e. The zero-order valence-electron chi connectivity index (χ0n) is 12.7. The lowest BCUT2D eigenvalue weighted by Gasteiger charge is -2.24. The summed E-state index contributed by atoms with van der Waals surface area (Å²) in [5.74, 6) is 0.690. The quantitative estimate of drug-likeness (QED) is 0.874. The smallest absolute Gasteiger partial charge is 0.318 e. The van der Waals surface area contributed by atoms with Crippen LogP contribution in [0.5, 0.6) is 0 Å². The van der Waals surface area contributed by atoms with Crippen LogP contribution in [0.2, 0.25) is 0 Å². The number of piperidine rings is 1. The first-order valence-corrected chi connectivity index (χ1v) is 7.92. The van der Waals surface area contributed by atoms with Gasteiger partial charge in [-0.05, 0) is 60.9 Å². The van der Waals surface area contributed by atoms with Crippen LogP contribution in [0.4, 0.5) is 4.79 Å². The first-order chi connectivity index (χ1) is 10.3. The molecule has 22 heavy (non-hydrogen) atoms. The molecule has 4 rings (SSSR count). The fourth-order valence-electron chi connectivity index (χ4n) is 3.94. The van der Waals surface area contributed by atoms with Crippen LogP contribution in [0.15, 0.2) is 18.5 Å². The lowest BCUT2D eigenvalue weighted by atomic mass is 9.92. The summed E-state index contributed by atoms with van der Waals surface area (Å²) in [4.78, 5) is 18.3. The van der Waals surface area contributed by atoms with Crippen LogP contribution >= 0.6 is 12.4 Å². The number of nitrogens with one attached hydrogen (secondary N) is 2. The maximum Gasteiger partial charge on any atom is 0.318 e. The summed E-state index contributed by atoms with van der Waals surface area (Å²) in [5, 5.41) is 6.56. The van der Waals surface area contributed by atoms with Crippen molar-refractivity contribution in [1.82, 2.24) is 20.5 Å². The lowest BCUT2D eigenvalue weighted by Crippen LogP contribution is -2.38. The molecule has 2 N–H and O–H groups in total. The number of hydrogen-bond donors (Lipinski definition) is 2. The van der Waals surface area contributed by atoms with Crippen molar-refractivity contribution in [3.8, 4) is 0 Å². The van der Waals surface area contributed by atoms with Crippen molar-refractivity contribution < 1.29 is 4.79 Å². The maximum atomic E-state index is 12.3. The number of fused-ring (bicyclic) bond motifs is 1. The molecule has 0 radical (unpaired) electrons. The topological polar surface area (TPSA) is 57.3 Å². The summed E-state index contributed by atoms with van der Waals surface area (Å²) >= 11 is 0. The van der Waals surface area contributed by atoms with Crippen LogP contribution in [0.25, 0.3) is 0 Å². The maximum absolute atomic E-state index is 12.3. The standard InChI is InChI=1S/C16H22N4O.ClH/c21-15(20-10-12-1-4-18-8-13(12)11-20)19-9-14-7-16(14)2-5-17-6-3-16;/h1,4,8,14,17H,2-3,5-7,9-11H2,(H,19,21);1H/t14-;/m1./s1. The number of nitrogens with zero attached hydrogens (tertiary/aromatic N) is 2. The highest BCUT2D eigenvalue weighted by Gasteiger charge is 2.53. The van der Waals surface area contributed by atoms with Gasteiger partial charge in [0.15, 0.2) is 0 Å². The second-order valence-electron chi connectivity index (χ2n) is 6.70. The van der Waals surface area contributed by atoms with Crippen LogP contribution < -0.4 is 10.6 Å². The molecule has 0 unspecified atom stereocenters. The fraction of sp³-hybridized carbons (Fsp3) is 0.625. The van der Waals surface area contributed by atoms with Crippen LogP contribution in [0.3, 0.4) is 0 Å². The molecule has 2 amide bonds. The zero-order valence-corrected chi connectivity index (χ0v) is 13.5. The van der Waals surface area contributed by atoms with Gasteiger partial charge in [0.2, 0.25) is 0 Å². The third-order valence-corrected chi connectivity index (χ3v) is 5.47. The molecule has 0 aromatic carbocycles. The van der Waals surface area contributed by atoms with E-state index in [4.69, 9.17) is 0 Å². The molecule has 1 spiro atoms. The number of aromatic nitrogens is 1. The summed E-state index contributed by atoms with van der Waals surface area (Å²) in [5.41, 5.74) is 2.94. The van der Waals surface area contributed by atoms with Crippen molar-refractivity contribution in [2.24, 2.45) is 11.3 Å². The predicted octanol–water partition coefficient (Wildman–Crippen LogP) is 1.92. The van der Waals surface area contributed by atoms with Gasteiger partial charge in [-0.3, -0.25) is 4.98 Å². The molecule has 3 heterocycles. The number of amides is 2. The van der Waals surface area contributed by atoms with E-state index in [2.05, 4.69) is 15.6 Å².